The summed E-state index contributed by atoms with van der Waals surface area (Å²) in [7, 11) is 2.04. The molecule has 0 spiro atoms. The van der Waals surface area contributed by atoms with Crippen molar-refractivity contribution in [1.29, 1.82) is 5.26 Å². The molecule has 1 unspecified atom stereocenters. The molecule has 1 amide bonds. The number of hydrogen-bond acceptors (Lipinski definition) is 7. The molecule has 1 saturated heterocycles. The van der Waals surface area contributed by atoms with Crippen LogP contribution in [0.5, 0.6) is 11.5 Å². The number of likely N-dealkylation sites (tertiary alicyclic amines) is 1. The molecule has 9 heteroatoms. The van der Waals surface area contributed by atoms with Crippen molar-refractivity contribution in [1.82, 2.24) is 4.90 Å². The Kier molecular flexibility index (Phi) is 10.4. The molecule has 3 aromatic carbocycles. The average Bonchev–Trinajstić information content (AvgIpc) is 3.49. The second-order valence-electron chi connectivity index (χ2n) is 9.32. The lowest BCUT2D eigenvalue weighted by Crippen LogP contribution is -2.51. The Labute approximate surface area is 237 Å². The third kappa shape index (κ3) is 6.39. The summed E-state index contributed by atoms with van der Waals surface area (Å²) < 4.78 is 27.6. The van der Waals surface area contributed by atoms with E-state index in [-0.39, 0.29) is 25.9 Å². The fraction of sp³-hybridized carbons (Fsp3) is 0.355. The van der Waals surface area contributed by atoms with Crippen LogP contribution in [0.25, 0.3) is 0 Å². The molecule has 40 heavy (non-hydrogen) atoms. The maximum absolute atomic E-state index is 13.5. The summed E-state index contributed by atoms with van der Waals surface area (Å²) in [6.45, 7) is 2.39. The highest BCUT2D eigenvalue weighted by Crippen LogP contribution is 2.48. The number of hydrogen-bond donors (Lipinski definition) is 0. The SMILES string of the molecule is COc1ccc(C(c2ccccc2)(c2ccc(OC)cc2)[C@@H]2CCCN2C(=O)OCOP(C)OCCC#N)cc1. The van der Waals surface area contributed by atoms with E-state index in [0.717, 1.165) is 41.0 Å². The Balaban J connectivity index is 1.73. The van der Waals surface area contributed by atoms with Crippen molar-refractivity contribution in [3.8, 4) is 17.6 Å². The zero-order valence-electron chi connectivity index (χ0n) is 23.1. The van der Waals surface area contributed by atoms with E-state index in [9.17, 15) is 4.79 Å². The lowest BCUT2D eigenvalue weighted by atomic mass is 9.64. The second kappa shape index (κ2) is 14.1. The van der Waals surface area contributed by atoms with Gasteiger partial charge in [0.1, 0.15) is 11.5 Å². The van der Waals surface area contributed by atoms with E-state index in [2.05, 4.69) is 36.4 Å². The monoisotopic (exact) mass is 562 g/mol. The standard InChI is InChI=1S/C31H35N2O6P/c1-35-27-16-12-25(13-17-27)31(24-9-5-4-6-10-24,26-14-18-28(36-2)19-15-26)29-11-7-21-33(29)30(34)37-23-39-40(3)38-22-8-20-32/h4-6,9-10,12-19,29H,7-8,11,21-23H2,1-3H3/t29-,40?/m0/s1. The summed E-state index contributed by atoms with van der Waals surface area (Å²) >= 11 is 0. The quantitative estimate of drug-likeness (QED) is 0.108. The molecular weight excluding hydrogens is 527 g/mol. The molecule has 0 N–H and O–H groups in total. The molecule has 4 rings (SSSR count). The molecule has 1 aliphatic rings. The van der Waals surface area contributed by atoms with Crippen LogP contribution in [0, 0.1) is 11.3 Å². The Morgan fingerprint density at radius 1 is 0.925 bits per heavy atom. The molecule has 3 aromatic rings. The van der Waals surface area contributed by atoms with Gasteiger partial charge in [-0.2, -0.15) is 5.26 Å². The van der Waals surface area contributed by atoms with E-state index < -0.39 is 19.9 Å². The van der Waals surface area contributed by atoms with Crippen LogP contribution in [0.1, 0.15) is 36.0 Å². The lowest BCUT2D eigenvalue weighted by Gasteiger charge is -2.44. The molecule has 0 aromatic heterocycles. The first-order valence-corrected chi connectivity index (χ1v) is 14.8. The summed E-state index contributed by atoms with van der Waals surface area (Å²) in [6, 6.07) is 28.2. The smallest absolute Gasteiger partial charge is 0.412 e. The number of carbonyl (C=O) groups excluding carboxylic acids is 1. The zero-order valence-corrected chi connectivity index (χ0v) is 24.0. The molecule has 0 aliphatic carbocycles. The van der Waals surface area contributed by atoms with Gasteiger partial charge in [0, 0.05) is 13.2 Å². The van der Waals surface area contributed by atoms with Gasteiger partial charge < -0.3 is 23.6 Å². The molecule has 0 saturated carbocycles. The molecule has 2 atom stereocenters. The Morgan fingerprint density at radius 3 is 2.05 bits per heavy atom. The van der Waals surface area contributed by atoms with Crippen LogP contribution >= 0.6 is 8.38 Å². The minimum absolute atomic E-state index is 0.222. The number of nitrogens with zero attached hydrogens (tertiary/aromatic N) is 2. The van der Waals surface area contributed by atoms with E-state index in [1.807, 2.05) is 53.4 Å². The van der Waals surface area contributed by atoms with Gasteiger partial charge >= 0.3 is 6.09 Å². The van der Waals surface area contributed by atoms with E-state index >= 15 is 0 Å². The van der Waals surface area contributed by atoms with Gasteiger partial charge in [0.2, 0.25) is 0 Å². The lowest BCUT2D eigenvalue weighted by molar-refractivity contribution is 0.0280. The number of carbonyl (C=O) groups is 1. The Morgan fingerprint density at radius 2 is 1.50 bits per heavy atom. The molecular formula is C31H35N2O6P. The fourth-order valence-electron chi connectivity index (χ4n) is 5.41. The van der Waals surface area contributed by atoms with Crippen molar-refractivity contribution in [2.75, 3.05) is 40.8 Å². The number of nitriles is 1. The van der Waals surface area contributed by atoms with Crippen LogP contribution in [0.3, 0.4) is 0 Å². The predicted octanol–water partition coefficient (Wildman–Crippen LogP) is 6.49. The highest BCUT2D eigenvalue weighted by Gasteiger charge is 2.50. The Hall–Kier alpha value is -3.63. The van der Waals surface area contributed by atoms with Crippen molar-refractivity contribution >= 4 is 14.5 Å². The normalized spacial score (nSPS) is 15.8. The summed E-state index contributed by atoms with van der Waals surface area (Å²) in [4.78, 5) is 15.4. The van der Waals surface area contributed by atoms with E-state index in [4.69, 9.17) is 28.5 Å². The third-order valence-electron chi connectivity index (χ3n) is 7.21. The van der Waals surface area contributed by atoms with E-state index in [1.54, 1.807) is 20.9 Å². The Bertz CT molecular complexity index is 1220. The number of amides is 1. The largest absolute Gasteiger partial charge is 0.497 e. The molecule has 0 radical (unpaired) electrons. The first kappa shape index (κ1) is 29.4. The van der Waals surface area contributed by atoms with Crippen LogP contribution in [0.15, 0.2) is 78.9 Å². The molecule has 1 heterocycles. The summed E-state index contributed by atoms with van der Waals surface area (Å²) in [5.41, 5.74) is 2.44. The topological polar surface area (TPSA) is 90.2 Å². The van der Waals surface area contributed by atoms with Crippen LogP contribution in [0.4, 0.5) is 4.79 Å². The molecule has 8 nitrogen and oxygen atoms in total. The van der Waals surface area contributed by atoms with Crippen LogP contribution in [0.2, 0.25) is 0 Å². The average molecular weight is 563 g/mol. The maximum Gasteiger partial charge on any atom is 0.412 e. The maximum atomic E-state index is 13.5. The summed E-state index contributed by atoms with van der Waals surface area (Å²) in [5.74, 6) is 1.52. The van der Waals surface area contributed by atoms with Gasteiger partial charge in [-0.25, -0.2) is 4.79 Å². The molecule has 0 bridgehead atoms. The summed E-state index contributed by atoms with van der Waals surface area (Å²) in [5, 5.41) is 8.69. The third-order valence-corrected chi connectivity index (χ3v) is 8.23. The predicted molar refractivity (Wildman–Crippen MR) is 153 cm³/mol. The first-order chi connectivity index (χ1) is 19.5. The minimum atomic E-state index is -1.26. The van der Waals surface area contributed by atoms with Crippen LogP contribution < -0.4 is 9.47 Å². The van der Waals surface area contributed by atoms with E-state index in [0.29, 0.717) is 6.54 Å². The van der Waals surface area contributed by atoms with Crippen LogP contribution in [-0.2, 0) is 19.2 Å². The number of ether oxygens (including phenoxy) is 3. The summed E-state index contributed by atoms with van der Waals surface area (Å²) in [6.07, 6.45) is 1.45. The fourth-order valence-corrected chi connectivity index (χ4v) is 6.04. The van der Waals surface area contributed by atoms with Gasteiger partial charge in [-0.05, 0) is 53.8 Å². The van der Waals surface area contributed by atoms with Crippen molar-refractivity contribution in [3.05, 3.63) is 95.6 Å². The molecule has 1 aliphatic heterocycles. The van der Waals surface area contributed by atoms with Crippen molar-refractivity contribution < 1.29 is 28.1 Å². The zero-order chi connectivity index (χ0) is 28.4. The minimum Gasteiger partial charge on any atom is -0.497 e. The van der Waals surface area contributed by atoms with E-state index in [1.165, 1.54) is 0 Å². The number of rotatable bonds is 12. The van der Waals surface area contributed by atoms with Crippen LogP contribution in [-0.4, -0.2) is 57.9 Å². The van der Waals surface area contributed by atoms with Crippen molar-refractivity contribution in [2.45, 2.75) is 30.7 Å². The van der Waals surface area contributed by atoms with Gasteiger partial charge in [0.05, 0.1) is 44.8 Å². The van der Waals surface area contributed by atoms with Gasteiger partial charge in [0.15, 0.2) is 15.2 Å². The highest BCUT2D eigenvalue weighted by molar-refractivity contribution is 7.46. The number of methoxy groups -OCH3 is 2. The van der Waals surface area contributed by atoms with Gasteiger partial charge in [-0.15, -0.1) is 0 Å². The highest BCUT2D eigenvalue weighted by atomic mass is 31.2. The van der Waals surface area contributed by atoms with Crippen molar-refractivity contribution in [2.24, 2.45) is 0 Å². The van der Waals surface area contributed by atoms with Gasteiger partial charge in [-0.3, -0.25) is 4.52 Å². The van der Waals surface area contributed by atoms with Gasteiger partial charge in [0.25, 0.3) is 0 Å². The molecule has 210 valence electrons. The first-order valence-electron chi connectivity index (χ1n) is 13.2. The van der Waals surface area contributed by atoms with Gasteiger partial charge in [-0.1, -0.05) is 54.6 Å². The molecule has 1 fully saturated rings. The second-order valence-corrected chi connectivity index (χ2v) is 10.7. The van der Waals surface area contributed by atoms with Crippen molar-refractivity contribution in [3.63, 3.8) is 0 Å². The number of benzene rings is 3.